The third kappa shape index (κ3) is 2.84. The molecule has 0 aliphatic rings. The topological polar surface area (TPSA) is 102 Å². The monoisotopic (exact) mass is 269 g/mol. The number of benzene rings is 2. The second-order valence-electron chi connectivity index (χ2n) is 4.04. The molecule has 6 heteroatoms. The number of para-hydroxylation sites is 1. The highest BCUT2D eigenvalue weighted by molar-refractivity contribution is 5.62. The predicted molar refractivity (Wildman–Crippen MR) is 73.0 cm³/mol. The lowest BCUT2D eigenvalue weighted by molar-refractivity contribution is -0.384. The molecule has 2 rings (SSSR count). The molecular weight excluding hydrogens is 258 g/mol. The fourth-order valence-corrected chi connectivity index (χ4v) is 1.70. The quantitative estimate of drug-likeness (QED) is 0.522. The molecule has 100 valence electrons. The molecule has 0 spiro atoms. The maximum Gasteiger partial charge on any atom is 0.292 e. The van der Waals surface area contributed by atoms with E-state index in [-0.39, 0.29) is 18.0 Å². The molecule has 0 bridgehead atoms. The van der Waals surface area contributed by atoms with Crippen molar-refractivity contribution < 1.29 is 9.66 Å². The van der Waals surface area contributed by atoms with E-state index in [1.54, 1.807) is 36.4 Å². The fourth-order valence-electron chi connectivity index (χ4n) is 1.70. The number of nitrogens with zero attached hydrogens (tertiary/aromatic N) is 2. The first-order valence-electron chi connectivity index (χ1n) is 5.76. The van der Waals surface area contributed by atoms with Crippen LogP contribution in [-0.2, 0) is 6.61 Å². The Kier molecular flexibility index (Phi) is 3.82. The number of rotatable bonds is 4. The average Bonchev–Trinajstić information content (AvgIpc) is 2.46. The van der Waals surface area contributed by atoms with Crippen molar-refractivity contribution in [2.24, 2.45) is 0 Å². The van der Waals surface area contributed by atoms with Crippen molar-refractivity contribution in [1.82, 2.24) is 0 Å². The average molecular weight is 269 g/mol. The highest BCUT2D eigenvalue weighted by atomic mass is 16.6. The minimum absolute atomic E-state index is 0.0916. The number of hydrogen-bond donors (Lipinski definition) is 1. The summed E-state index contributed by atoms with van der Waals surface area (Å²) in [4.78, 5) is 10.2. The summed E-state index contributed by atoms with van der Waals surface area (Å²) in [6.45, 7) is 0.0996. The summed E-state index contributed by atoms with van der Waals surface area (Å²) >= 11 is 0. The van der Waals surface area contributed by atoms with Crippen LogP contribution in [0, 0.1) is 21.4 Å². The first kappa shape index (κ1) is 13.4. The summed E-state index contributed by atoms with van der Waals surface area (Å²) < 4.78 is 5.50. The lowest BCUT2D eigenvalue weighted by atomic mass is 10.1. The molecule has 0 amide bonds. The lowest BCUT2D eigenvalue weighted by Crippen LogP contribution is -2.03. The molecule has 20 heavy (non-hydrogen) atoms. The third-order valence-electron chi connectivity index (χ3n) is 2.73. The molecule has 0 fully saturated rings. The van der Waals surface area contributed by atoms with Gasteiger partial charge in [-0.25, -0.2) is 0 Å². The predicted octanol–water partition coefficient (Wildman–Crippen LogP) is 2.63. The van der Waals surface area contributed by atoms with Crippen LogP contribution in [0.4, 0.5) is 11.4 Å². The zero-order valence-electron chi connectivity index (χ0n) is 10.4. The largest absolute Gasteiger partial charge is 0.489 e. The molecule has 0 aliphatic heterocycles. The molecule has 0 aliphatic carbocycles. The van der Waals surface area contributed by atoms with E-state index in [1.165, 1.54) is 6.07 Å². The van der Waals surface area contributed by atoms with Crippen LogP contribution < -0.4 is 10.5 Å². The maximum atomic E-state index is 10.8. The van der Waals surface area contributed by atoms with Crippen LogP contribution in [0.1, 0.15) is 11.1 Å². The maximum absolute atomic E-state index is 10.8. The van der Waals surface area contributed by atoms with E-state index < -0.39 is 4.92 Å². The van der Waals surface area contributed by atoms with Gasteiger partial charge in [-0.15, -0.1) is 0 Å². The molecule has 0 saturated heterocycles. The van der Waals surface area contributed by atoms with Gasteiger partial charge in [0, 0.05) is 11.6 Å². The molecule has 0 radical (unpaired) electrons. The Bertz CT molecular complexity index is 692. The molecule has 6 nitrogen and oxygen atoms in total. The Labute approximate surface area is 115 Å². The van der Waals surface area contributed by atoms with Gasteiger partial charge in [-0.3, -0.25) is 10.1 Å². The number of anilines is 1. The summed E-state index contributed by atoms with van der Waals surface area (Å²) in [5.41, 5.74) is 6.69. The number of ether oxygens (including phenoxy) is 1. The number of nitrogens with two attached hydrogens (primary N) is 1. The van der Waals surface area contributed by atoms with Crippen molar-refractivity contribution in [3.63, 3.8) is 0 Å². The smallest absolute Gasteiger partial charge is 0.292 e. The Hall–Kier alpha value is -3.07. The molecular formula is C14H11N3O3. The fraction of sp³-hybridized carbons (Fsp3) is 0.0714. The molecule has 0 heterocycles. The lowest BCUT2D eigenvalue weighted by Gasteiger charge is -2.08. The van der Waals surface area contributed by atoms with E-state index >= 15 is 0 Å². The van der Waals surface area contributed by atoms with Gasteiger partial charge in [-0.2, -0.15) is 5.26 Å². The molecule has 0 atom stereocenters. The molecule has 0 aromatic heterocycles. The van der Waals surface area contributed by atoms with Crippen LogP contribution in [0.25, 0.3) is 0 Å². The van der Waals surface area contributed by atoms with Gasteiger partial charge in [0.25, 0.3) is 5.69 Å². The van der Waals surface area contributed by atoms with Crippen LogP contribution in [0.2, 0.25) is 0 Å². The van der Waals surface area contributed by atoms with Gasteiger partial charge in [0.1, 0.15) is 18.0 Å². The molecule has 2 N–H and O–H groups in total. The van der Waals surface area contributed by atoms with Gasteiger partial charge < -0.3 is 10.5 Å². The number of hydrogen-bond acceptors (Lipinski definition) is 5. The SMILES string of the molecule is N#Cc1cccc(OCc2cccc([N+](=O)[O-])c2N)c1. The standard InChI is InChI=1S/C14H11N3O3/c15-8-10-3-1-5-12(7-10)20-9-11-4-2-6-13(14(11)16)17(18)19/h1-7H,9,16H2. The van der Waals surface area contributed by atoms with Crippen LogP contribution in [0.5, 0.6) is 5.75 Å². The Morgan fingerprint density at radius 1 is 1.30 bits per heavy atom. The van der Waals surface area contributed by atoms with Crippen LogP contribution in [-0.4, -0.2) is 4.92 Å². The van der Waals surface area contributed by atoms with E-state index in [4.69, 9.17) is 15.7 Å². The molecule has 2 aromatic rings. The molecule has 0 unspecified atom stereocenters. The highest BCUT2D eigenvalue weighted by Gasteiger charge is 2.14. The minimum atomic E-state index is -0.533. The van der Waals surface area contributed by atoms with E-state index in [9.17, 15) is 10.1 Å². The molecule has 2 aromatic carbocycles. The van der Waals surface area contributed by atoms with Gasteiger partial charge in [0.15, 0.2) is 0 Å². The summed E-state index contributed by atoms with van der Waals surface area (Å²) in [5, 5.41) is 19.6. The minimum Gasteiger partial charge on any atom is -0.489 e. The highest BCUT2D eigenvalue weighted by Crippen LogP contribution is 2.26. The number of nitriles is 1. The summed E-state index contributed by atoms with van der Waals surface area (Å²) in [7, 11) is 0. The first-order valence-corrected chi connectivity index (χ1v) is 5.76. The Balaban J connectivity index is 2.17. The van der Waals surface area contributed by atoms with E-state index in [0.29, 0.717) is 16.9 Å². The van der Waals surface area contributed by atoms with Crippen molar-refractivity contribution in [1.29, 1.82) is 5.26 Å². The zero-order valence-corrected chi connectivity index (χ0v) is 10.4. The van der Waals surface area contributed by atoms with Gasteiger partial charge >= 0.3 is 0 Å². The van der Waals surface area contributed by atoms with Crippen LogP contribution in [0.3, 0.4) is 0 Å². The van der Waals surface area contributed by atoms with Crippen molar-refractivity contribution in [3.05, 3.63) is 63.7 Å². The number of nitro groups is 1. The van der Waals surface area contributed by atoms with Gasteiger partial charge in [-0.05, 0) is 18.2 Å². The Morgan fingerprint density at radius 3 is 2.75 bits per heavy atom. The normalized spacial score (nSPS) is 9.75. The third-order valence-corrected chi connectivity index (χ3v) is 2.73. The van der Waals surface area contributed by atoms with Crippen molar-refractivity contribution in [3.8, 4) is 11.8 Å². The van der Waals surface area contributed by atoms with E-state index in [0.717, 1.165) is 0 Å². The first-order chi connectivity index (χ1) is 9.61. The second-order valence-corrected chi connectivity index (χ2v) is 4.04. The van der Waals surface area contributed by atoms with Crippen molar-refractivity contribution >= 4 is 11.4 Å². The van der Waals surface area contributed by atoms with Gasteiger partial charge in [-0.1, -0.05) is 18.2 Å². The molecule has 0 saturated carbocycles. The summed E-state index contributed by atoms with van der Waals surface area (Å²) in [5.74, 6) is 0.509. The Morgan fingerprint density at radius 2 is 2.05 bits per heavy atom. The second kappa shape index (κ2) is 5.71. The van der Waals surface area contributed by atoms with Crippen molar-refractivity contribution in [2.75, 3.05) is 5.73 Å². The number of nitrogen functional groups attached to an aromatic ring is 1. The van der Waals surface area contributed by atoms with Gasteiger partial charge in [0.05, 0.1) is 16.6 Å². The van der Waals surface area contributed by atoms with E-state index in [2.05, 4.69) is 0 Å². The van der Waals surface area contributed by atoms with E-state index in [1.807, 2.05) is 6.07 Å². The number of nitro benzene ring substituents is 1. The van der Waals surface area contributed by atoms with Gasteiger partial charge in [0.2, 0.25) is 0 Å². The summed E-state index contributed by atoms with van der Waals surface area (Å²) in [6.07, 6.45) is 0. The zero-order chi connectivity index (χ0) is 14.5. The van der Waals surface area contributed by atoms with Crippen LogP contribution >= 0.6 is 0 Å². The van der Waals surface area contributed by atoms with Crippen LogP contribution in [0.15, 0.2) is 42.5 Å². The summed E-state index contributed by atoms with van der Waals surface area (Å²) in [6, 6.07) is 13.2. The van der Waals surface area contributed by atoms with Crippen molar-refractivity contribution in [2.45, 2.75) is 6.61 Å².